The Morgan fingerprint density at radius 3 is 2.56 bits per heavy atom. The third-order valence-corrected chi connectivity index (χ3v) is 3.25. The number of carbonyl (C=O) groups is 1. The fourth-order valence-electron chi connectivity index (χ4n) is 1.83. The quantitative estimate of drug-likeness (QED) is 0.278. The van der Waals surface area contributed by atoms with Crippen LogP contribution in [0.25, 0.3) is 0 Å². The van der Waals surface area contributed by atoms with Gasteiger partial charge in [0, 0.05) is 24.3 Å². The average molecular weight is 244 g/mol. The highest BCUT2D eigenvalue weighted by molar-refractivity contribution is 7.80. The van der Waals surface area contributed by atoms with Crippen molar-refractivity contribution >= 4 is 24.5 Å². The Hall–Kier alpha value is -0.910. The van der Waals surface area contributed by atoms with Crippen molar-refractivity contribution in [3.8, 4) is 0 Å². The lowest BCUT2D eigenvalue weighted by Crippen LogP contribution is -2.40. The highest BCUT2D eigenvalue weighted by atomic mass is 32.1. The van der Waals surface area contributed by atoms with Crippen LogP contribution in [-0.2, 0) is 4.79 Å². The molecule has 16 heavy (non-hydrogen) atoms. The number of nitrogens with one attached hydrogen (secondary N) is 3. The molecule has 1 aliphatic carbocycles. The van der Waals surface area contributed by atoms with Gasteiger partial charge in [-0.05, 0) is 25.7 Å². The molecule has 0 saturated heterocycles. The van der Waals surface area contributed by atoms with Gasteiger partial charge in [-0.3, -0.25) is 10.2 Å². The largest absolute Gasteiger partial charge is 0.370 e. The van der Waals surface area contributed by atoms with Gasteiger partial charge in [0.25, 0.3) is 0 Å². The standard InChI is InChI=1S/C10H20N4OS/c11-10(12)13-6-5-9(15)14-7-1-3-8(16)4-2-7/h7-8,16H,1-6H2,(H,14,15)(H4,11,12,13). The van der Waals surface area contributed by atoms with E-state index in [1.54, 1.807) is 0 Å². The monoisotopic (exact) mass is 244 g/mol. The third kappa shape index (κ3) is 5.25. The van der Waals surface area contributed by atoms with Crippen LogP contribution >= 0.6 is 12.6 Å². The van der Waals surface area contributed by atoms with Crippen LogP contribution in [0, 0.1) is 5.41 Å². The first kappa shape index (κ1) is 13.2. The van der Waals surface area contributed by atoms with Gasteiger partial charge in [-0.15, -0.1) is 0 Å². The van der Waals surface area contributed by atoms with E-state index in [1.165, 1.54) is 0 Å². The highest BCUT2D eigenvalue weighted by Gasteiger charge is 2.19. The molecule has 0 atom stereocenters. The molecule has 0 spiro atoms. The second-order valence-electron chi connectivity index (χ2n) is 4.16. The van der Waals surface area contributed by atoms with Crippen molar-refractivity contribution in [2.24, 2.45) is 5.73 Å². The van der Waals surface area contributed by atoms with Crippen LogP contribution in [0.2, 0.25) is 0 Å². The number of hydrogen-bond donors (Lipinski definition) is 5. The van der Waals surface area contributed by atoms with E-state index < -0.39 is 0 Å². The number of hydrogen-bond acceptors (Lipinski definition) is 3. The minimum atomic E-state index is -0.0941. The summed E-state index contributed by atoms with van der Waals surface area (Å²) in [6.45, 7) is 0.420. The summed E-state index contributed by atoms with van der Waals surface area (Å²) in [4.78, 5) is 11.5. The van der Waals surface area contributed by atoms with Crippen LogP contribution in [0.1, 0.15) is 32.1 Å². The summed E-state index contributed by atoms with van der Waals surface area (Å²) in [5.74, 6) is -0.0697. The summed E-state index contributed by atoms with van der Waals surface area (Å²) in [5, 5.41) is 13.0. The Morgan fingerprint density at radius 1 is 1.38 bits per heavy atom. The van der Waals surface area contributed by atoms with Crippen LogP contribution < -0.4 is 16.4 Å². The van der Waals surface area contributed by atoms with Gasteiger partial charge >= 0.3 is 0 Å². The number of amides is 1. The van der Waals surface area contributed by atoms with E-state index in [1.807, 2.05) is 0 Å². The van der Waals surface area contributed by atoms with E-state index in [-0.39, 0.29) is 11.9 Å². The Labute approximate surface area is 101 Å². The van der Waals surface area contributed by atoms with E-state index in [2.05, 4.69) is 23.3 Å². The van der Waals surface area contributed by atoms with Crippen molar-refractivity contribution in [2.45, 2.75) is 43.4 Å². The Bertz CT molecular complexity index is 251. The molecule has 0 bridgehead atoms. The van der Waals surface area contributed by atoms with Gasteiger partial charge in [0.2, 0.25) is 5.91 Å². The Kier molecular flexibility index (Phi) is 5.45. The van der Waals surface area contributed by atoms with Crippen molar-refractivity contribution in [1.29, 1.82) is 5.41 Å². The van der Waals surface area contributed by atoms with Crippen molar-refractivity contribution in [1.82, 2.24) is 10.6 Å². The zero-order valence-electron chi connectivity index (χ0n) is 9.33. The maximum atomic E-state index is 11.5. The van der Waals surface area contributed by atoms with Gasteiger partial charge in [-0.2, -0.15) is 12.6 Å². The van der Waals surface area contributed by atoms with Gasteiger partial charge in [0.1, 0.15) is 0 Å². The topological polar surface area (TPSA) is 91.0 Å². The fourth-order valence-corrected chi connectivity index (χ4v) is 2.13. The first-order valence-corrected chi connectivity index (χ1v) is 6.15. The van der Waals surface area contributed by atoms with E-state index >= 15 is 0 Å². The number of guanidine groups is 1. The average Bonchev–Trinajstić information content (AvgIpc) is 2.21. The molecule has 1 amide bonds. The summed E-state index contributed by atoms with van der Waals surface area (Å²) in [6, 6.07) is 0.299. The number of thiol groups is 1. The number of carbonyl (C=O) groups excluding carboxylic acids is 1. The maximum absolute atomic E-state index is 11.5. The van der Waals surface area contributed by atoms with Gasteiger partial charge in [0.15, 0.2) is 5.96 Å². The molecule has 1 aliphatic rings. The lowest BCUT2D eigenvalue weighted by atomic mass is 9.95. The van der Waals surface area contributed by atoms with Crippen LogP contribution in [-0.4, -0.2) is 29.7 Å². The van der Waals surface area contributed by atoms with Crippen molar-refractivity contribution in [3.05, 3.63) is 0 Å². The molecule has 1 saturated carbocycles. The summed E-state index contributed by atoms with van der Waals surface area (Å²) >= 11 is 4.41. The molecular weight excluding hydrogens is 224 g/mol. The number of nitrogens with two attached hydrogens (primary N) is 1. The van der Waals surface area contributed by atoms with E-state index in [0.29, 0.717) is 24.3 Å². The summed E-state index contributed by atoms with van der Waals surface area (Å²) in [6.07, 6.45) is 4.53. The molecule has 0 heterocycles. The minimum Gasteiger partial charge on any atom is -0.370 e. The molecule has 0 aromatic rings. The van der Waals surface area contributed by atoms with Gasteiger partial charge in [0.05, 0.1) is 0 Å². The molecule has 6 heteroatoms. The van der Waals surface area contributed by atoms with Crippen molar-refractivity contribution in [2.75, 3.05) is 6.54 Å². The van der Waals surface area contributed by atoms with Crippen molar-refractivity contribution in [3.63, 3.8) is 0 Å². The molecule has 0 aromatic heterocycles. The van der Waals surface area contributed by atoms with Gasteiger partial charge < -0.3 is 16.4 Å². The lowest BCUT2D eigenvalue weighted by molar-refractivity contribution is -0.121. The van der Waals surface area contributed by atoms with Crippen LogP contribution in [0.4, 0.5) is 0 Å². The molecular formula is C10H20N4OS. The van der Waals surface area contributed by atoms with Crippen molar-refractivity contribution < 1.29 is 4.79 Å². The second-order valence-corrected chi connectivity index (χ2v) is 4.89. The van der Waals surface area contributed by atoms with Gasteiger partial charge in [-0.25, -0.2) is 0 Å². The zero-order valence-corrected chi connectivity index (χ0v) is 10.2. The molecule has 0 aliphatic heterocycles. The molecule has 1 rings (SSSR count). The third-order valence-electron chi connectivity index (χ3n) is 2.73. The minimum absolute atomic E-state index is 0.0244. The first-order valence-electron chi connectivity index (χ1n) is 5.63. The summed E-state index contributed by atoms with van der Waals surface area (Å²) < 4.78 is 0. The van der Waals surface area contributed by atoms with Crippen LogP contribution in [0.15, 0.2) is 0 Å². The Balaban J connectivity index is 2.11. The molecule has 0 radical (unpaired) electrons. The summed E-state index contributed by atoms with van der Waals surface area (Å²) in [5.41, 5.74) is 5.11. The second kappa shape index (κ2) is 6.62. The van der Waals surface area contributed by atoms with Crippen LogP contribution in [0.5, 0.6) is 0 Å². The lowest BCUT2D eigenvalue weighted by Gasteiger charge is -2.26. The molecule has 0 unspecified atom stereocenters. The first-order chi connectivity index (χ1) is 7.58. The predicted molar refractivity (Wildman–Crippen MR) is 67.7 cm³/mol. The number of rotatable bonds is 4. The SMILES string of the molecule is N=C(N)NCCC(=O)NC1CCC(S)CC1. The van der Waals surface area contributed by atoms with E-state index in [0.717, 1.165) is 25.7 Å². The Morgan fingerprint density at radius 2 is 2.00 bits per heavy atom. The van der Waals surface area contributed by atoms with Gasteiger partial charge in [-0.1, -0.05) is 0 Å². The smallest absolute Gasteiger partial charge is 0.221 e. The van der Waals surface area contributed by atoms with Crippen LogP contribution in [0.3, 0.4) is 0 Å². The normalized spacial score (nSPS) is 24.8. The molecule has 92 valence electrons. The molecule has 5 nitrogen and oxygen atoms in total. The fraction of sp³-hybridized carbons (Fsp3) is 0.800. The maximum Gasteiger partial charge on any atom is 0.221 e. The summed E-state index contributed by atoms with van der Waals surface area (Å²) in [7, 11) is 0. The van der Waals surface area contributed by atoms with E-state index in [9.17, 15) is 4.79 Å². The zero-order chi connectivity index (χ0) is 12.0. The molecule has 5 N–H and O–H groups in total. The van der Waals surface area contributed by atoms with E-state index in [4.69, 9.17) is 11.1 Å². The molecule has 0 aromatic carbocycles. The molecule has 1 fully saturated rings. The predicted octanol–water partition coefficient (Wildman–Crippen LogP) is 0.217. The highest BCUT2D eigenvalue weighted by Crippen LogP contribution is 2.22.